The quantitative estimate of drug-likeness (QED) is 0.689. The van der Waals surface area contributed by atoms with Crippen molar-refractivity contribution in [1.82, 2.24) is 9.97 Å². The Morgan fingerprint density at radius 2 is 1.95 bits per heavy atom. The third-order valence-corrected chi connectivity index (χ3v) is 3.55. The van der Waals surface area contributed by atoms with Gasteiger partial charge in [0.05, 0.1) is 11.3 Å². The maximum atomic E-state index is 10.7. The summed E-state index contributed by atoms with van der Waals surface area (Å²) in [6, 6.07) is 7.68. The fourth-order valence-electron chi connectivity index (χ4n) is 1.62. The number of aliphatic carboxylic acids is 1. The number of benzene rings is 1. The summed E-state index contributed by atoms with van der Waals surface area (Å²) in [5.41, 5.74) is 0.693. The molecule has 2 aromatic rings. The topological polar surface area (TPSA) is 63.1 Å². The number of fused-ring (bicyclic) bond motifs is 1. The van der Waals surface area contributed by atoms with Crippen LogP contribution in [0.3, 0.4) is 0 Å². The van der Waals surface area contributed by atoms with Crippen LogP contribution in [-0.2, 0) is 10.2 Å². The minimum Gasteiger partial charge on any atom is -0.481 e. The minimum atomic E-state index is -0.843. The van der Waals surface area contributed by atoms with Crippen LogP contribution in [-0.4, -0.2) is 26.8 Å². The number of aromatic nitrogens is 2. The van der Waals surface area contributed by atoms with E-state index in [1.165, 1.54) is 11.8 Å². The van der Waals surface area contributed by atoms with Gasteiger partial charge in [-0.1, -0.05) is 50.7 Å². The summed E-state index contributed by atoms with van der Waals surface area (Å²) in [4.78, 5) is 19.8. The fourth-order valence-corrected chi connectivity index (χ4v) is 2.36. The lowest BCUT2D eigenvalue weighted by molar-refractivity contribution is -0.133. The predicted octanol–water partition coefficient (Wildman–Crippen LogP) is 3.10. The molecule has 0 amide bonds. The number of carboxylic acids is 1. The standard InChI is InChI=1S/C14H16N2O2S/c1-14(2,3)13-15-10-7-5-4-6-9(10)12(16-13)19-8-11(17)18/h4-7H,8H2,1-3H3,(H,17,18). The Morgan fingerprint density at radius 3 is 2.58 bits per heavy atom. The second kappa shape index (κ2) is 5.17. The second-order valence-corrected chi connectivity index (χ2v) is 6.27. The van der Waals surface area contributed by atoms with Crippen molar-refractivity contribution >= 4 is 28.6 Å². The molecule has 0 unspecified atom stereocenters. The largest absolute Gasteiger partial charge is 0.481 e. The normalized spacial score (nSPS) is 11.7. The van der Waals surface area contributed by atoms with Gasteiger partial charge in [0.1, 0.15) is 10.9 Å². The average Bonchev–Trinajstić information content (AvgIpc) is 2.34. The first-order chi connectivity index (χ1) is 8.88. The van der Waals surface area contributed by atoms with Crippen LogP contribution in [0.4, 0.5) is 0 Å². The smallest absolute Gasteiger partial charge is 0.313 e. The molecule has 0 saturated heterocycles. The van der Waals surface area contributed by atoms with Crippen molar-refractivity contribution in [3.05, 3.63) is 30.1 Å². The van der Waals surface area contributed by atoms with Gasteiger partial charge in [-0.25, -0.2) is 9.97 Å². The molecule has 0 saturated carbocycles. The fraction of sp³-hybridized carbons (Fsp3) is 0.357. The van der Waals surface area contributed by atoms with Crippen LogP contribution in [0.5, 0.6) is 0 Å². The zero-order valence-electron chi connectivity index (χ0n) is 11.2. The van der Waals surface area contributed by atoms with E-state index in [-0.39, 0.29) is 11.2 Å². The summed E-state index contributed by atoms with van der Waals surface area (Å²) in [6.45, 7) is 6.13. The Labute approximate surface area is 116 Å². The molecular weight excluding hydrogens is 260 g/mol. The van der Waals surface area contributed by atoms with E-state index in [1.54, 1.807) is 0 Å². The number of para-hydroxylation sites is 1. The van der Waals surface area contributed by atoms with Gasteiger partial charge >= 0.3 is 5.97 Å². The van der Waals surface area contributed by atoms with Gasteiger partial charge in [-0.15, -0.1) is 0 Å². The van der Waals surface area contributed by atoms with Crippen molar-refractivity contribution in [2.75, 3.05) is 5.75 Å². The molecule has 4 nitrogen and oxygen atoms in total. The SMILES string of the molecule is CC(C)(C)c1nc(SCC(=O)O)c2ccccc2n1. The monoisotopic (exact) mass is 276 g/mol. The van der Waals surface area contributed by atoms with Crippen molar-refractivity contribution in [2.24, 2.45) is 0 Å². The minimum absolute atomic E-state index is 0.00455. The average molecular weight is 276 g/mol. The highest BCUT2D eigenvalue weighted by Crippen LogP contribution is 2.28. The molecule has 1 heterocycles. The third-order valence-electron chi connectivity index (χ3n) is 2.57. The molecule has 5 heteroatoms. The van der Waals surface area contributed by atoms with Gasteiger partial charge in [-0.05, 0) is 6.07 Å². The first-order valence-corrected chi connectivity index (χ1v) is 6.98. The van der Waals surface area contributed by atoms with Crippen LogP contribution in [0.15, 0.2) is 29.3 Å². The molecule has 0 aliphatic carbocycles. The molecule has 0 aliphatic heterocycles. The van der Waals surface area contributed by atoms with Gasteiger partial charge in [-0.3, -0.25) is 4.79 Å². The molecule has 1 aromatic heterocycles. The van der Waals surface area contributed by atoms with Crippen molar-refractivity contribution in [2.45, 2.75) is 31.2 Å². The molecule has 1 N–H and O–H groups in total. The molecule has 0 fully saturated rings. The molecule has 19 heavy (non-hydrogen) atoms. The summed E-state index contributed by atoms with van der Waals surface area (Å²) in [5, 5.41) is 10.5. The number of carboxylic acid groups (broad SMARTS) is 1. The summed E-state index contributed by atoms with van der Waals surface area (Å²) in [5.74, 6) is -0.103. The van der Waals surface area contributed by atoms with Gasteiger partial charge in [-0.2, -0.15) is 0 Å². The maximum Gasteiger partial charge on any atom is 0.313 e. The molecule has 0 aliphatic rings. The first-order valence-electron chi connectivity index (χ1n) is 6.00. The summed E-state index contributed by atoms with van der Waals surface area (Å²) in [7, 11) is 0. The Kier molecular flexibility index (Phi) is 3.75. The van der Waals surface area contributed by atoms with Crippen molar-refractivity contribution in [3.63, 3.8) is 0 Å². The molecule has 100 valence electrons. The molecular formula is C14H16N2O2S. The van der Waals surface area contributed by atoms with Crippen molar-refractivity contribution in [1.29, 1.82) is 0 Å². The summed E-state index contributed by atoms with van der Waals surface area (Å²) < 4.78 is 0. The summed E-state index contributed by atoms with van der Waals surface area (Å²) in [6.07, 6.45) is 0. The van der Waals surface area contributed by atoms with E-state index < -0.39 is 5.97 Å². The van der Waals surface area contributed by atoms with Crippen LogP contribution in [0.25, 0.3) is 10.9 Å². The number of hydrogen-bond acceptors (Lipinski definition) is 4. The zero-order valence-corrected chi connectivity index (χ0v) is 12.0. The number of hydrogen-bond donors (Lipinski definition) is 1. The number of thioether (sulfide) groups is 1. The molecule has 0 bridgehead atoms. The lowest BCUT2D eigenvalue weighted by Gasteiger charge is -2.18. The summed E-state index contributed by atoms with van der Waals surface area (Å²) >= 11 is 1.24. The number of nitrogens with zero attached hydrogens (tertiary/aromatic N) is 2. The van der Waals surface area contributed by atoms with E-state index in [0.29, 0.717) is 0 Å². The van der Waals surface area contributed by atoms with Gasteiger partial charge in [0, 0.05) is 10.8 Å². The van der Waals surface area contributed by atoms with Crippen LogP contribution in [0, 0.1) is 0 Å². The number of rotatable bonds is 3. The Balaban J connectivity index is 2.55. The van der Waals surface area contributed by atoms with Crippen LogP contribution in [0.2, 0.25) is 0 Å². The lowest BCUT2D eigenvalue weighted by atomic mass is 9.95. The van der Waals surface area contributed by atoms with Crippen molar-refractivity contribution < 1.29 is 9.90 Å². The van der Waals surface area contributed by atoms with E-state index >= 15 is 0 Å². The Morgan fingerprint density at radius 1 is 1.26 bits per heavy atom. The van der Waals surface area contributed by atoms with Crippen molar-refractivity contribution in [3.8, 4) is 0 Å². The van der Waals surface area contributed by atoms with E-state index in [0.717, 1.165) is 21.8 Å². The Hall–Kier alpha value is -1.62. The molecule has 0 atom stereocenters. The van der Waals surface area contributed by atoms with Gasteiger partial charge in [0.2, 0.25) is 0 Å². The highest BCUT2D eigenvalue weighted by Gasteiger charge is 2.20. The highest BCUT2D eigenvalue weighted by atomic mass is 32.2. The van der Waals surface area contributed by atoms with E-state index in [2.05, 4.69) is 9.97 Å². The molecule has 1 aromatic carbocycles. The number of carbonyl (C=O) groups is 1. The molecule has 2 rings (SSSR count). The molecule has 0 spiro atoms. The van der Waals surface area contributed by atoms with Crippen LogP contribution >= 0.6 is 11.8 Å². The Bertz CT molecular complexity index is 620. The maximum absolute atomic E-state index is 10.7. The second-order valence-electron chi connectivity index (χ2n) is 5.30. The van der Waals surface area contributed by atoms with E-state index in [4.69, 9.17) is 5.11 Å². The molecule has 0 radical (unpaired) electrons. The van der Waals surface area contributed by atoms with Crippen LogP contribution in [0.1, 0.15) is 26.6 Å². The third kappa shape index (κ3) is 3.23. The van der Waals surface area contributed by atoms with E-state index in [9.17, 15) is 4.79 Å². The van der Waals surface area contributed by atoms with E-state index in [1.807, 2.05) is 45.0 Å². The van der Waals surface area contributed by atoms with Crippen LogP contribution < -0.4 is 0 Å². The van der Waals surface area contributed by atoms with Gasteiger partial charge in [0.15, 0.2) is 0 Å². The highest BCUT2D eigenvalue weighted by molar-refractivity contribution is 8.00. The lowest BCUT2D eigenvalue weighted by Crippen LogP contribution is -2.16. The van der Waals surface area contributed by atoms with Gasteiger partial charge < -0.3 is 5.11 Å². The van der Waals surface area contributed by atoms with Gasteiger partial charge in [0.25, 0.3) is 0 Å². The zero-order chi connectivity index (χ0) is 14.0. The first kappa shape index (κ1) is 13.8. The predicted molar refractivity (Wildman–Crippen MR) is 76.6 cm³/mol.